The smallest absolute Gasteiger partial charge is 0.407 e. The van der Waals surface area contributed by atoms with Gasteiger partial charge in [-0.2, -0.15) is 0 Å². The predicted molar refractivity (Wildman–Crippen MR) is 116 cm³/mol. The zero-order valence-electron chi connectivity index (χ0n) is 19.7. The molecule has 4 N–H and O–H groups in total. The fourth-order valence-electron chi connectivity index (χ4n) is 3.51. The number of hydrogen-bond acceptors (Lipinski definition) is 5. The summed E-state index contributed by atoms with van der Waals surface area (Å²) in [4.78, 5) is 24.2. The molecule has 7 heteroatoms. The highest BCUT2D eigenvalue weighted by Crippen LogP contribution is 2.40. The number of carbonyl (C=O) groups is 2. The Morgan fingerprint density at radius 2 is 1.48 bits per heavy atom. The molecule has 0 radical (unpaired) electrons. The zero-order chi connectivity index (χ0) is 22.5. The first-order chi connectivity index (χ1) is 13.1. The molecule has 7 nitrogen and oxygen atoms in total. The van der Waals surface area contributed by atoms with E-state index < -0.39 is 17.3 Å². The van der Waals surface area contributed by atoms with Crippen LogP contribution in [0.25, 0.3) is 0 Å². The molecule has 1 unspecified atom stereocenters. The summed E-state index contributed by atoms with van der Waals surface area (Å²) in [7, 11) is 0. The van der Waals surface area contributed by atoms with Crippen LogP contribution in [0.4, 0.5) is 9.59 Å². The average Bonchev–Trinajstić information content (AvgIpc) is 3.31. The van der Waals surface area contributed by atoms with Gasteiger partial charge in [0.2, 0.25) is 0 Å². The normalized spacial score (nSPS) is 17.3. The topological polar surface area (TPSA) is 103 Å². The van der Waals surface area contributed by atoms with Crippen LogP contribution in [0.3, 0.4) is 0 Å². The summed E-state index contributed by atoms with van der Waals surface area (Å²) in [6, 6.07) is 0.0212. The molecule has 0 spiro atoms. The molecule has 0 aromatic rings. The standard InChI is InChI=1S/C22H43N3O4/c1-20(2,3)28-18(26)24-12-11-22(7,8)13-16(14-23)17(15-9-10-15)25-19(27)29-21(4,5)6/h15-17H,9-14,23H2,1-8H3,(H,24,26)(H,25,27)/t16?,17-/m1/s1. The fourth-order valence-corrected chi connectivity index (χ4v) is 3.51. The molecule has 0 aromatic carbocycles. The van der Waals surface area contributed by atoms with Crippen molar-refractivity contribution in [2.75, 3.05) is 13.1 Å². The molecule has 0 aliphatic heterocycles. The minimum absolute atomic E-state index is 0.0212. The summed E-state index contributed by atoms with van der Waals surface area (Å²) in [5.74, 6) is 0.623. The van der Waals surface area contributed by atoms with E-state index in [2.05, 4.69) is 24.5 Å². The van der Waals surface area contributed by atoms with Crippen molar-refractivity contribution in [2.45, 2.75) is 98.3 Å². The number of nitrogens with two attached hydrogens (primary N) is 1. The molecule has 1 aliphatic rings. The second-order valence-corrected chi connectivity index (χ2v) is 11.1. The summed E-state index contributed by atoms with van der Waals surface area (Å²) in [6.07, 6.45) is 3.10. The van der Waals surface area contributed by atoms with Crippen LogP contribution in [0.2, 0.25) is 0 Å². The van der Waals surface area contributed by atoms with E-state index in [9.17, 15) is 9.59 Å². The molecule has 2 atom stereocenters. The van der Waals surface area contributed by atoms with Gasteiger partial charge in [-0.25, -0.2) is 9.59 Å². The molecule has 0 aromatic heterocycles. The van der Waals surface area contributed by atoms with Crippen LogP contribution >= 0.6 is 0 Å². The van der Waals surface area contributed by atoms with Gasteiger partial charge in [0.25, 0.3) is 0 Å². The maximum absolute atomic E-state index is 12.3. The first kappa shape index (κ1) is 25.5. The van der Waals surface area contributed by atoms with Gasteiger partial charge in [-0.3, -0.25) is 0 Å². The summed E-state index contributed by atoms with van der Waals surface area (Å²) in [5, 5.41) is 5.90. The maximum Gasteiger partial charge on any atom is 0.407 e. The Morgan fingerprint density at radius 3 is 1.93 bits per heavy atom. The van der Waals surface area contributed by atoms with E-state index in [0.29, 0.717) is 19.0 Å². The van der Waals surface area contributed by atoms with E-state index in [1.54, 1.807) is 0 Å². The summed E-state index contributed by atoms with van der Waals surface area (Å²) < 4.78 is 10.7. The number of carbonyl (C=O) groups excluding carboxylic acids is 2. The SMILES string of the molecule is CC(C)(CCNC(=O)OC(C)(C)C)CC(CN)[C@H](NC(=O)OC(C)(C)C)C1CC1. The third-order valence-electron chi connectivity index (χ3n) is 4.91. The summed E-state index contributed by atoms with van der Waals surface area (Å²) in [6.45, 7) is 16.5. The fraction of sp³-hybridized carbons (Fsp3) is 0.909. The molecule has 1 rings (SSSR count). The molecule has 0 heterocycles. The number of nitrogens with one attached hydrogen (secondary N) is 2. The van der Waals surface area contributed by atoms with Crippen molar-refractivity contribution in [3.63, 3.8) is 0 Å². The molecule has 170 valence electrons. The molecule has 0 bridgehead atoms. The van der Waals surface area contributed by atoms with Crippen LogP contribution in [0, 0.1) is 17.3 Å². The van der Waals surface area contributed by atoms with Crippen molar-refractivity contribution < 1.29 is 19.1 Å². The number of alkyl carbamates (subject to hydrolysis) is 2. The summed E-state index contributed by atoms with van der Waals surface area (Å²) in [5.41, 5.74) is 5.04. The number of ether oxygens (including phenoxy) is 2. The zero-order valence-corrected chi connectivity index (χ0v) is 19.7. The van der Waals surface area contributed by atoms with Crippen LogP contribution in [0.5, 0.6) is 0 Å². The van der Waals surface area contributed by atoms with Gasteiger partial charge in [0.05, 0.1) is 0 Å². The van der Waals surface area contributed by atoms with Gasteiger partial charge in [0.1, 0.15) is 11.2 Å². The Balaban J connectivity index is 2.60. The summed E-state index contributed by atoms with van der Waals surface area (Å²) >= 11 is 0. The van der Waals surface area contributed by atoms with Crippen LogP contribution in [0.15, 0.2) is 0 Å². The van der Waals surface area contributed by atoms with Gasteiger partial charge in [-0.05, 0) is 91.0 Å². The Kier molecular flexibility index (Phi) is 8.81. The molecule has 1 saturated carbocycles. The van der Waals surface area contributed by atoms with Gasteiger partial charge in [-0.1, -0.05) is 13.8 Å². The van der Waals surface area contributed by atoms with E-state index in [1.807, 2.05) is 41.5 Å². The minimum atomic E-state index is -0.525. The average molecular weight is 414 g/mol. The van der Waals surface area contributed by atoms with E-state index in [1.165, 1.54) is 0 Å². The highest BCUT2D eigenvalue weighted by atomic mass is 16.6. The lowest BCUT2D eigenvalue weighted by atomic mass is 9.76. The lowest BCUT2D eigenvalue weighted by Gasteiger charge is -2.35. The Bertz CT molecular complexity index is 545. The van der Waals surface area contributed by atoms with Crippen molar-refractivity contribution in [3.05, 3.63) is 0 Å². The van der Waals surface area contributed by atoms with Crippen LogP contribution in [-0.4, -0.2) is 42.5 Å². The van der Waals surface area contributed by atoms with E-state index in [4.69, 9.17) is 15.2 Å². The van der Waals surface area contributed by atoms with Crippen LogP contribution in [-0.2, 0) is 9.47 Å². The molecule has 1 aliphatic carbocycles. The highest BCUT2D eigenvalue weighted by Gasteiger charge is 2.39. The Morgan fingerprint density at radius 1 is 0.966 bits per heavy atom. The largest absolute Gasteiger partial charge is 0.444 e. The van der Waals surface area contributed by atoms with Gasteiger partial charge in [-0.15, -0.1) is 0 Å². The monoisotopic (exact) mass is 413 g/mol. The van der Waals surface area contributed by atoms with E-state index >= 15 is 0 Å². The first-order valence-electron chi connectivity index (χ1n) is 10.8. The second-order valence-electron chi connectivity index (χ2n) is 11.1. The minimum Gasteiger partial charge on any atom is -0.444 e. The van der Waals surface area contributed by atoms with E-state index in [-0.39, 0.29) is 23.5 Å². The predicted octanol–water partition coefficient (Wildman–Crippen LogP) is 4.20. The molecule has 1 fully saturated rings. The van der Waals surface area contributed by atoms with Gasteiger partial charge in [0.15, 0.2) is 0 Å². The number of hydrogen-bond donors (Lipinski definition) is 3. The van der Waals surface area contributed by atoms with Crippen LogP contribution < -0.4 is 16.4 Å². The number of amides is 2. The van der Waals surface area contributed by atoms with Gasteiger partial charge >= 0.3 is 12.2 Å². The van der Waals surface area contributed by atoms with E-state index in [0.717, 1.165) is 25.7 Å². The number of rotatable bonds is 9. The van der Waals surface area contributed by atoms with Gasteiger partial charge < -0.3 is 25.8 Å². The lowest BCUT2D eigenvalue weighted by molar-refractivity contribution is 0.0455. The van der Waals surface area contributed by atoms with Crippen molar-refractivity contribution in [3.8, 4) is 0 Å². The Labute approximate surface area is 176 Å². The molecule has 29 heavy (non-hydrogen) atoms. The second kappa shape index (κ2) is 10.0. The molecular formula is C22H43N3O4. The third-order valence-corrected chi connectivity index (χ3v) is 4.91. The molecular weight excluding hydrogens is 370 g/mol. The lowest BCUT2D eigenvalue weighted by Crippen LogP contribution is -2.47. The molecule has 2 amide bonds. The first-order valence-corrected chi connectivity index (χ1v) is 10.8. The van der Waals surface area contributed by atoms with Gasteiger partial charge in [0, 0.05) is 12.6 Å². The Hall–Kier alpha value is -1.50. The third kappa shape index (κ3) is 11.3. The molecule has 0 saturated heterocycles. The van der Waals surface area contributed by atoms with Crippen molar-refractivity contribution in [1.82, 2.24) is 10.6 Å². The van der Waals surface area contributed by atoms with Crippen molar-refractivity contribution in [2.24, 2.45) is 23.0 Å². The van der Waals surface area contributed by atoms with Crippen molar-refractivity contribution in [1.29, 1.82) is 0 Å². The van der Waals surface area contributed by atoms with Crippen molar-refractivity contribution >= 4 is 12.2 Å². The van der Waals surface area contributed by atoms with Crippen LogP contribution in [0.1, 0.15) is 81.1 Å². The highest BCUT2D eigenvalue weighted by molar-refractivity contribution is 5.68. The quantitative estimate of drug-likeness (QED) is 0.526. The maximum atomic E-state index is 12.3.